The van der Waals surface area contributed by atoms with E-state index in [4.69, 9.17) is 5.11 Å². The van der Waals surface area contributed by atoms with Crippen LogP contribution in [-0.4, -0.2) is 25.1 Å². The first-order valence-electron chi connectivity index (χ1n) is 4.86. The summed E-state index contributed by atoms with van der Waals surface area (Å²) >= 11 is 1.36. The molecule has 78 valence electrons. The Morgan fingerprint density at radius 2 is 2.33 bits per heavy atom. The second-order valence-electron chi connectivity index (χ2n) is 3.60. The molecule has 3 rings (SSSR count). The van der Waals surface area contributed by atoms with Gasteiger partial charge in [0.2, 0.25) is 5.13 Å². The molecule has 2 aromatic rings. The highest BCUT2D eigenvalue weighted by Gasteiger charge is 2.26. The van der Waals surface area contributed by atoms with Crippen LogP contribution in [0.1, 0.15) is 29.5 Å². The van der Waals surface area contributed by atoms with Gasteiger partial charge in [0.25, 0.3) is 0 Å². The molecule has 0 atom stereocenters. The Balaban J connectivity index is 1.90. The highest BCUT2D eigenvalue weighted by molar-refractivity contribution is 7.13. The Morgan fingerprint density at radius 1 is 1.47 bits per heavy atom. The van der Waals surface area contributed by atoms with E-state index in [1.54, 1.807) is 4.68 Å². The number of nitrogens with zero attached hydrogens (tertiary/aromatic N) is 4. The molecule has 1 fully saturated rings. The molecular weight excluding hydrogens is 212 g/mol. The normalized spacial score (nSPS) is 15.8. The first-order valence-corrected chi connectivity index (χ1v) is 5.67. The van der Waals surface area contributed by atoms with Gasteiger partial charge in [0.05, 0.1) is 12.3 Å². The zero-order valence-corrected chi connectivity index (χ0v) is 8.81. The van der Waals surface area contributed by atoms with Crippen LogP contribution in [0.5, 0.6) is 0 Å². The quantitative estimate of drug-likeness (QED) is 0.844. The number of rotatable bonds is 3. The van der Waals surface area contributed by atoms with Crippen LogP contribution >= 0.6 is 11.3 Å². The average molecular weight is 222 g/mol. The fourth-order valence-electron chi connectivity index (χ4n) is 1.44. The van der Waals surface area contributed by atoms with Crippen LogP contribution in [0, 0.1) is 0 Å². The lowest BCUT2D eigenvalue weighted by molar-refractivity contribution is 0.280. The summed E-state index contributed by atoms with van der Waals surface area (Å²) in [6, 6.07) is 2.03. The van der Waals surface area contributed by atoms with Crippen molar-refractivity contribution in [3.8, 4) is 5.13 Å². The molecule has 6 heteroatoms. The second kappa shape index (κ2) is 3.39. The number of aliphatic hydroxyl groups excluding tert-OH is 1. The van der Waals surface area contributed by atoms with Crippen molar-refractivity contribution in [2.45, 2.75) is 25.4 Å². The minimum atomic E-state index is -0.0611. The van der Waals surface area contributed by atoms with Crippen LogP contribution in [0.2, 0.25) is 0 Å². The molecule has 1 aliphatic carbocycles. The van der Waals surface area contributed by atoms with Gasteiger partial charge >= 0.3 is 0 Å². The summed E-state index contributed by atoms with van der Waals surface area (Å²) < 4.78 is 1.73. The monoisotopic (exact) mass is 222 g/mol. The lowest BCUT2D eigenvalue weighted by Crippen LogP contribution is -1.94. The number of aliphatic hydroxyl groups is 1. The zero-order chi connectivity index (χ0) is 10.3. The van der Waals surface area contributed by atoms with Crippen LogP contribution in [0.4, 0.5) is 0 Å². The maximum Gasteiger partial charge on any atom is 0.232 e. The van der Waals surface area contributed by atoms with Crippen molar-refractivity contribution in [3.63, 3.8) is 0 Å². The number of hydrogen-bond donors (Lipinski definition) is 1. The minimum Gasteiger partial charge on any atom is -0.389 e. The van der Waals surface area contributed by atoms with E-state index in [1.807, 2.05) is 12.3 Å². The van der Waals surface area contributed by atoms with Crippen molar-refractivity contribution in [2.24, 2.45) is 0 Å². The van der Waals surface area contributed by atoms with Crippen molar-refractivity contribution in [2.75, 3.05) is 0 Å². The molecule has 0 aliphatic heterocycles. The van der Waals surface area contributed by atoms with Crippen molar-refractivity contribution in [1.82, 2.24) is 20.0 Å². The van der Waals surface area contributed by atoms with Gasteiger partial charge in [-0.05, 0) is 18.9 Å². The van der Waals surface area contributed by atoms with Crippen molar-refractivity contribution >= 4 is 11.3 Å². The molecule has 1 aliphatic rings. The second-order valence-corrected chi connectivity index (χ2v) is 4.64. The minimum absolute atomic E-state index is 0.0611. The summed E-state index contributed by atoms with van der Waals surface area (Å²) in [5.41, 5.74) is 1.13. The highest BCUT2D eigenvalue weighted by atomic mass is 32.1. The molecule has 1 saturated carbocycles. The van der Waals surface area contributed by atoms with Crippen molar-refractivity contribution in [1.29, 1.82) is 0 Å². The van der Waals surface area contributed by atoms with Crippen LogP contribution < -0.4 is 0 Å². The smallest absolute Gasteiger partial charge is 0.232 e. The van der Waals surface area contributed by atoms with Gasteiger partial charge in [0.1, 0.15) is 5.01 Å². The Labute approximate surface area is 90.4 Å². The van der Waals surface area contributed by atoms with E-state index < -0.39 is 0 Å². The molecule has 0 spiro atoms. The van der Waals surface area contributed by atoms with Crippen molar-refractivity contribution in [3.05, 3.63) is 23.0 Å². The van der Waals surface area contributed by atoms with E-state index in [-0.39, 0.29) is 6.61 Å². The summed E-state index contributed by atoms with van der Waals surface area (Å²) in [6.45, 7) is -0.0611. The van der Waals surface area contributed by atoms with Gasteiger partial charge in [-0.15, -0.1) is 10.2 Å². The standard InChI is InChI=1S/C9H10N4OS/c14-5-8-10-11-9(15-8)13-4-3-7(12-13)6-1-2-6/h3-4,6,14H,1-2,5H2. The third-order valence-corrected chi connectivity index (χ3v) is 3.29. The number of aromatic nitrogens is 4. The van der Waals surface area contributed by atoms with Crippen LogP contribution in [-0.2, 0) is 6.61 Å². The molecule has 0 saturated heterocycles. The van der Waals surface area contributed by atoms with Gasteiger partial charge in [0.15, 0.2) is 0 Å². The first-order chi connectivity index (χ1) is 7.36. The fraction of sp³-hybridized carbons (Fsp3) is 0.444. The topological polar surface area (TPSA) is 63.8 Å². The van der Waals surface area contributed by atoms with Crippen molar-refractivity contribution < 1.29 is 5.11 Å². The van der Waals surface area contributed by atoms with Gasteiger partial charge in [-0.3, -0.25) is 0 Å². The molecule has 15 heavy (non-hydrogen) atoms. The van der Waals surface area contributed by atoms with Crippen LogP contribution in [0.15, 0.2) is 12.3 Å². The Bertz CT molecular complexity index is 474. The molecule has 0 amide bonds. The van der Waals surface area contributed by atoms with Crippen LogP contribution in [0.25, 0.3) is 5.13 Å². The van der Waals surface area contributed by atoms with E-state index in [0.717, 1.165) is 5.69 Å². The largest absolute Gasteiger partial charge is 0.389 e. The molecular formula is C9H10N4OS. The highest BCUT2D eigenvalue weighted by Crippen LogP contribution is 2.39. The predicted octanol–water partition coefficient (Wildman–Crippen LogP) is 1.09. The zero-order valence-electron chi connectivity index (χ0n) is 8.00. The lowest BCUT2D eigenvalue weighted by Gasteiger charge is -1.91. The third-order valence-electron chi connectivity index (χ3n) is 2.39. The first kappa shape index (κ1) is 8.99. The average Bonchev–Trinajstić information content (AvgIpc) is 2.84. The van der Waals surface area contributed by atoms with E-state index in [0.29, 0.717) is 16.1 Å². The van der Waals surface area contributed by atoms with E-state index in [1.165, 1.54) is 24.2 Å². The molecule has 0 radical (unpaired) electrons. The van der Waals surface area contributed by atoms with Gasteiger partial charge in [-0.2, -0.15) is 5.10 Å². The van der Waals surface area contributed by atoms with E-state index in [9.17, 15) is 0 Å². The summed E-state index contributed by atoms with van der Waals surface area (Å²) in [5, 5.41) is 22.4. The van der Waals surface area contributed by atoms with Gasteiger partial charge in [0, 0.05) is 12.1 Å². The Kier molecular flexibility index (Phi) is 2.03. The molecule has 5 nitrogen and oxygen atoms in total. The molecule has 0 aromatic carbocycles. The Morgan fingerprint density at radius 3 is 3.00 bits per heavy atom. The molecule has 1 N–H and O–H groups in total. The lowest BCUT2D eigenvalue weighted by atomic mass is 10.3. The summed E-state index contributed by atoms with van der Waals surface area (Å²) in [4.78, 5) is 0. The van der Waals surface area contributed by atoms with E-state index in [2.05, 4.69) is 15.3 Å². The summed E-state index contributed by atoms with van der Waals surface area (Å²) in [5.74, 6) is 0.650. The maximum atomic E-state index is 8.88. The van der Waals surface area contributed by atoms with Gasteiger partial charge < -0.3 is 5.11 Å². The maximum absolute atomic E-state index is 8.88. The predicted molar refractivity (Wildman–Crippen MR) is 54.9 cm³/mol. The summed E-state index contributed by atoms with van der Waals surface area (Å²) in [7, 11) is 0. The van der Waals surface area contributed by atoms with Gasteiger partial charge in [-0.1, -0.05) is 11.3 Å². The van der Waals surface area contributed by atoms with E-state index >= 15 is 0 Å². The van der Waals surface area contributed by atoms with Gasteiger partial charge in [-0.25, -0.2) is 4.68 Å². The third kappa shape index (κ3) is 1.66. The Hall–Kier alpha value is -1.27. The molecule has 0 bridgehead atoms. The molecule has 0 unspecified atom stereocenters. The SMILES string of the molecule is OCc1nnc(-n2ccc(C3CC3)n2)s1. The fourth-order valence-corrected chi connectivity index (χ4v) is 2.08. The number of hydrogen-bond acceptors (Lipinski definition) is 5. The molecule has 2 heterocycles. The van der Waals surface area contributed by atoms with Crippen LogP contribution in [0.3, 0.4) is 0 Å². The summed E-state index contributed by atoms with van der Waals surface area (Å²) in [6.07, 6.45) is 4.39. The molecule has 2 aromatic heterocycles.